The molecule has 1 amide bonds. The molecule has 0 spiro atoms. The Bertz CT molecular complexity index is 1050. The summed E-state index contributed by atoms with van der Waals surface area (Å²) in [5.41, 5.74) is 1.77. The quantitative estimate of drug-likeness (QED) is 0.600. The first-order valence-electron chi connectivity index (χ1n) is 10.4. The van der Waals surface area contributed by atoms with Gasteiger partial charge in [0.2, 0.25) is 15.9 Å². The molecule has 1 aliphatic rings. The Kier molecular flexibility index (Phi) is 7.74. The van der Waals surface area contributed by atoms with E-state index in [2.05, 4.69) is 30.8 Å². The third-order valence-electron chi connectivity index (χ3n) is 5.07. The molecule has 32 heavy (non-hydrogen) atoms. The Morgan fingerprint density at radius 1 is 1.06 bits per heavy atom. The zero-order valence-electron chi connectivity index (χ0n) is 18.8. The van der Waals surface area contributed by atoms with Crippen LogP contribution in [0.2, 0.25) is 0 Å². The molecule has 0 aliphatic carbocycles. The SMILES string of the molecule is CSCCC(NS(=O)(=O)c1ccc2c(c1)OCCO2)C(=O)Nc1ccc(C(C)(C)C)cc1. The number of carbonyl (C=O) groups is 1. The Morgan fingerprint density at radius 3 is 2.34 bits per heavy atom. The van der Waals surface area contributed by atoms with Gasteiger partial charge in [0.25, 0.3) is 0 Å². The van der Waals surface area contributed by atoms with E-state index in [1.165, 1.54) is 12.1 Å². The molecule has 3 rings (SSSR count). The van der Waals surface area contributed by atoms with Crippen molar-refractivity contribution >= 4 is 33.4 Å². The number of nitrogens with one attached hydrogen (secondary N) is 2. The van der Waals surface area contributed by atoms with Gasteiger partial charge in [0.05, 0.1) is 4.90 Å². The highest BCUT2D eigenvalue weighted by molar-refractivity contribution is 7.98. The van der Waals surface area contributed by atoms with Crippen molar-refractivity contribution < 1.29 is 22.7 Å². The second kappa shape index (κ2) is 10.1. The van der Waals surface area contributed by atoms with Crippen LogP contribution in [0.15, 0.2) is 47.4 Å². The second-order valence-corrected chi connectivity index (χ2v) is 11.3. The van der Waals surface area contributed by atoms with Crippen molar-refractivity contribution in [2.45, 2.75) is 43.5 Å². The summed E-state index contributed by atoms with van der Waals surface area (Å²) >= 11 is 1.55. The summed E-state index contributed by atoms with van der Waals surface area (Å²) in [6.07, 6.45) is 2.27. The molecule has 0 radical (unpaired) electrons. The first kappa shape index (κ1) is 24.4. The van der Waals surface area contributed by atoms with Gasteiger partial charge >= 0.3 is 0 Å². The van der Waals surface area contributed by atoms with E-state index in [-0.39, 0.29) is 10.3 Å². The van der Waals surface area contributed by atoms with Crippen molar-refractivity contribution in [3.8, 4) is 11.5 Å². The van der Waals surface area contributed by atoms with E-state index in [4.69, 9.17) is 9.47 Å². The lowest BCUT2D eigenvalue weighted by Crippen LogP contribution is -2.44. The molecule has 2 N–H and O–H groups in total. The number of carbonyl (C=O) groups excluding carboxylic acids is 1. The standard InChI is InChI=1S/C23H30N2O5S2/c1-23(2,3)16-5-7-17(8-6-16)24-22(26)19(11-14-31-4)25-32(27,28)18-9-10-20-21(15-18)30-13-12-29-20/h5-10,15,19,25H,11-14H2,1-4H3,(H,24,26). The van der Waals surface area contributed by atoms with E-state index in [9.17, 15) is 13.2 Å². The molecule has 1 aliphatic heterocycles. The maximum absolute atomic E-state index is 13.0. The van der Waals surface area contributed by atoms with E-state index in [1.807, 2.05) is 30.5 Å². The third kappa shape index (κ3) is 6.17. The molecule has 0 bridgehead atoms. The Balaban J connectivity index is 1.76. The van der Waals surface area contributed by atoms with Crippen LogP contribution in [0.25, 0.3) is 0 Å². The first-order chi connectivity index (χ1) is 15.1. The highest BCUT2D eigenvalue weighted by Crippen LogP contribution is 2.32. The van der Waals surface area contributed by atoms with E-state index in [0.29, 0.717) is 42.6 Å². The molecule has 1 atom stereocenters. The van der Waals surface area contributed by atoms with Crippen LogP contribution < -0.4 is 19.5 Å². The molecule has 1 unspecified atom stereocenters. The van der Waals surface area contributed by atoms with Crippen molar-refractivity contribution in [1.82, 2.24) is 4.72 Å². The van der Waals surface area contributed by atoms with Crippen molar-refractivity contribution in [1.29, 1.82) is 0 Å². The van der Waals surface area contributed by atoms with Crippen molar-refractivity contribution in [3.05, 3.63) is 48.0 Å². The fraction of sp³-hybridized carbons (Fsp3) is 0.435. The zero-order valence-corrected chi connectivity index (χ0v) is 20.4. The van der Waals surface area contributed by atoms with E-state index < -0.39 is 22.0 Å². The summed E-state index contributed by atoms with van der Waals surface area (Å²) in [5.74, 6) is 1.11. The number of sulfonamides is 1. The summed E-state index contributed by atoms with van der Waals surface area (Å²) in [6, 6.07) is 11.1. The van der Waals surface area contributed by atoms with Crippen molar-refractivity contribution in [2.75, 3.05) is 30.5 Å². The lowest BCUT2D eigenvalue weighted by molar-refractivity contribution is -0.117. The average Bonchev–Trinajstić information content (AvgIpc) is 2.76. The minimum Gasteiger partial charge on any atom is -0.486 e. The van der Waals surface area contributed by atoms with Gasteiger partial charge in [0.1, 0.15) is 19.3 Å². The van der Waals surface area contributed by atoms with Gasteiger partial charge < -0.3 is 14.8 Å². The van der Waals surface area contributed by atoms with Crippen LogP contribution >= 0.6 is 11.8 Å². The normalized spacial score (nSPS) is 14.6. The maximum atomic E-state index is 13.0. The minimum atomic E-state index is -3.94. The number of fused-ring (bicyclic) bond motifs is 1. The largest absolute Gasteiger partial charge is 0.486 e. The minimum absolute atomic E-state index is 0.00267. The van der Waals surface area contributed by atoms with Gasteiger partial charge in [0.15, 0.2) is 11.5 Å². The molecule has 0 saturated heterocycles. The van der Waals surface area contributed by atoms with E-state index in [0.717, 1.165) is 5.56 Å². The smallest absolute Gasteiger partial charge is 0.242 e. The molecular formula is C23H30N2O5S2. The lowest BCUT2D eigenvalue weighted by atomic mass is 9.87. The van der Waals surface area contributed by atoms with Gasteiger partial charge in [-0.2, -0.15) is 16.5 Å². The summed E-state index contributed by atoms with van der Waals surface area (Å²) in [6.45, 7) is 7.13. The molecule has 2 aromatic carbocycles. The van der Waals surface area contributed by atoms with Crippen molar-refractivity contribution in [2.24, 2.45) is 0 Å². The number of rotatable bonds is 8. The lowest BCUT2D eigenvalue weighted by Gasteiger charge is -2.21. The Morgan fingerprint density at radius 2 is 1.72 bits per heavy atom. The fourth-order valence-electron chi connectivity index (χ4n) is 3.21. The number of amides is 1. The van der Waals surface area contributed by atoms with E-state index >= 15 is 0 Å². The van der Waals surface area contributed by atoms with Gasteiger partial charge in [-0.05, 0) is 53.7 Å². The molecule has 0 aromatic heterocycles. The van der Waals surface area contributed by atoms with E-state index in [1.54, 1.807) is 17.8 Å². The molecule has 2 aromatic rings. The van der Waals surface area contributed by atoms with Gasteiger partial charge in [-0.3, -0.25) is 4.79 Å². The van der Waals surface area contributed by atoms with Crippen LogP contribution in [0.1, 0.15) is 32.8 Å². The average molecular weight is 479 g/mol. The van der Waals surface area contributed by atoms with Crippen LogP contribution in [-0.4, -0.2) is 45.6 Å². The van der Waals surface area contributed by atoms with Gasteiger partial charge in [0, 0.05) is 11.8 Å². The van der Waals surface area contributed by atoms with Gasteiger partial charge in [-0.1, -0.05) is 32.9 Å². The number of benzene rings is 2. The molecule has 9 heteroatoms. The van der Waals surface area contributed by atoms with Crippen molar-refractivity contribution in [3.63, 3.8) is 0 Å². The highest BCUT2D eigenvalue weighted by atomic mass is 32.2. The van der Waals surface area contributed by atoms with Gasteiger partial charge in [-0.15, -0.1) is 0 Å². The highest BCUT2D eigenvalue weighted by Gasteiger charge is 2.27. The molecule has 0 saturated carbocycles. The Hall–Kier alpha value is -2.23. The van der Waals surface area contributed by atoms with Crippen LogP contribution in [0.5, 0.6) is 11.5 Å². The number of ether oxygens (including phenoxy) is 2. The molecule has 1 heterocycles. The molecular weight excluding hydrogens is 448 g/mol. The number of hydrogen-bond donors (Lipinski definition) is 2. The maximum Gasteiger partial charge on any atom is 0.242 e. The van der Waals surface area contributed by atoms with Crippen LogP contribution in [-0.2, 0) is 20.2 Å². The summed E-state index contributed by atoms with van der Waals surface area (Å²) < 4.78 is 39.5. The molecule has 0 fully saturated rings. The van der Waals surface area contributed by atoms with Crippen LogP contribution in [0.4, 0.5) is 5.69 Å². The second-order valence-electron chi connectivity index (χ2n) is 8.58. The monoisotopic (exact) mass is 478 g/mol. The predicted molar refractivity (Wildman–Crippen MR) is 128 cm³/mol. The predicted octanol–water partition coefficient (Wildman–Crippen LogP) is 3.79. The molecule has 7 nitrogen and oxygen atoms in total. The van der Waals surface area contributed by atoms with Gasteiger partial charge in [-0.25, -0.2) is 8.42 Å². The number of hydrogen-bond acceptors (Lipinski definition) is 6. The summed E-state index contributed by atoms with van der Waals surface area (Å²) in [5, 5.41) is 2.83. The summed E-state index contributed by atoms with van der Waals surface area (Å²) in [7, 11) is -3.94. The fourth-order valence-corrected chi connectivity index (χ4v) is 4.92. The first-order valence-corrected chi connectivity index (χ1v) is 13.3. The summed E-state index contributed by atoms with van der Waals surface area (Å²) in [4.78, 5) is 13.0. The number of thioether (sulfide) groups is 1. The third-order valence-corrected chi connectivity index (χ3v) is 7.18. The zero-order chi connectivity index (χ0) is 23.4. The van der Waals surface area contributed by atoms with Crippen LogP contribution in [0, 0.1) is 0 Å². The molecule has 174 valence electrons. The van der Waals surface area contributed by atoms with Crippen LogP contribution in [0.3, 0.4) is 0 Å². The Labute approximate surface area is 194 Å². The number of anilines is 1. The topological polar surface area (TPSA) is 93.7 Å².